The molecule has 0 radical (unpaired) electrons. The molecular weight excluding hydrogens is 194 g/mol. The van der Waals surface area contributed by atoms with Crippen LogP contribution in [0.25, 0.3) is 0 Å². The first-order valence-electron chi connectivity index (χ1n) is 5.52. The summed E-state index contributed by atoms with van der Waals surface area (Å²) in [5, 5.41) is 10.8. The van der Waals surface area contributed by atoms with E-state index >= 15 is 0 Å². The summed E-state index contributed by atoms with van der Waals surface area (Å²) >= 11 is 0. The molecule has 1 heterocycles. The number of hydroxylamine groups is 2. The lowest BCUT2D eigenvalue weighted by molar-refractivity contribution is -0.243. The van der Waals surface area contributed by atoms with E-state index < -0.39 is 6.23 Å². The number of hydrogen-bond donors (Lipinski definition) is 1. The normalized spacial score (nSPS) is 31.6. The fourth-order valence-corrected chi connectivity index (χ4v) is 2.20. The Balaban J connectivity index is 2.15. The zero-order valence-corrected chi connectivity index (χ0v) is 8.98. The van der Waals surface area contributed by atoms with Gasteiger partial charge in [-0.05, 0) is 37.7 Å². The van der Waals surface area contributed by atoms with Gasteiger partial charge in [0.25, 0.3) is 0 Å². The molecule has 2 atom stereocenters. The van der Waals surface area contributed by atoms with Gasteiger partial charge in [0.2, 0.25) is 5.91 Å². The molecule has 0 spiro atoms. The molecule has 15 heavy (non-hydrogen) atoms. The second kappa shape index (κ2) is 4.33. The molecule has 0 aromatic heterocycles. The van der Waals surface area contributed by atoms with Gasteiger partial charge in [-0.1, -0.05) is 6.08 Å². The van der Waals surface area contributed by atoms with Crippen molar-refractivity contribution in [3.8, 4) is 0 Å². The fourth-order valence-electron chi connectivity index (χ4n) is 2.20. The Labute approximate surface area is 89.5 Å². The van der Waals surface area contributed by atoms with Gasteiger partial charge in [-0.2, -0.15) is 5.06 Å². The zero-order valence-electron chi connectivity index (χ0n) is 8.98. The first-order valence-corrected chi connectivity index (χ1v) is 5.52. The number of rotatable bonds is 0. The molecule has 1 fully saturated rings. The van der Waals surface area contributed by atoms with Gasteiger partial charge in [0.15, 0.2) is 6.23 Å². The van der Waals surface area contributed by atoms with Crippen LogP contribution in [0.5, 0.6) is 0 Å². The summed E-state index contributed by atoms with van der Waals surface area (Å²) < 4.78 is 0. The monoisotopic (exact) mass is 211 g/mol. The van der Waals surface area contributed by atoms with Crippen molar-refractivity contribution in [3.63, 3.8) is 0 Å². The standard InChI is InChI=1S/C11H17NO3/c1-8(13)12-11(14)7-6-9-4-2-3-5-10(9)15-12/h4,10-11,14H,2-3,5-7H2,1H3/t10-,11+/m0/s1. The van der Waals surface area contributed by atoms with Crippen molar-refractivity contribution in [3.05, 3.63) is 11.6 Å². The Kier molecular flexibility index (Phi) is 3.07. The van der Waals surface area contributed by atoms with Gasteiger partial charge in [0.1, 0.15) is 6.10 Å². The van der Waals surface area contributed by atoms with Crippen LogP contribution in [0.15, 0.2) is 11.6 Å². The van der Waals surface area contributed by atoms with Crippen molar-refractivity contribution < 1.29 is 14.7 Å². The maximum atomic E-state index is 11.3. The van der Waals surface area contributed by atoms with Crippen molar-refractivity contribution in [1.29, 1.82) is 0 Å². The van der Waals surface area contributed by atoms with Crippen molar-refractivity contribution in [1.82, 2.24) is 5.06 Å². The Morgan fingerprint density at radius 1 is 1.60 bits per heavy atom. The molecular formula is C11H17NO3. The highest BCUT2D eigenvalue weighted by molar-refractivity contribution is 5.72. The number of allylic oxidation sites excluding steroid dienone is 1. The first kappa shape index (κ1) is 10.6. The maximum Gasteiger partial charge on any atom is 0.245 e. The molecule has 0 aromatic rings. The van der Waals surface area contributed by atoms with Gasteiger partial charge < -0.3 is 5.11 Å². The van der Waals surface area contributed by atoms with E-state index in [1.807, 2.05) is 0 Å². The van der Waals surface area contributed by atoms with Gasteiger partial charge in [-0.15, -0.1) is 0 Å². The molecule has 2 aliphatic rings. The Bertz CT molecular complexity index is 288. The molecule has 1 N–H and O–H groups in total. The van der Waals surface area contributed by atoms with Crippen LogP contribution >= 0.6 is 0 Å². The summed E-state index contributed by atoms with van der Waals surface area (Å²) in [6.45, 7) is 1.42. The predicted octanol–water partition coefficient (Wildman–Crippen LogP) is 1.36. The van der Waals surface area contributed by atoms with Crippen LogP contribution in [-0.2, 0) is 9.63 Å². The Morgan fingerprint density at radius 2 is 2.40 bits per heavy atom. The van der Waals surface area contributed by atoms with Crippen LogP contribution < -0.4 is 0 Å². The molecule has 84 valence electrons. The van der Waals surface area contributed by atoms with Crippen molar-refractivity contribution >= 4 is 5.91 Å². The third-order valence-electron chi connectivity index (χ3n) is 3.00. The highest BCUT2D eigenvalue weighted by Gasteiger charge is 2.31. The largest absolute Gasteiger partial charge is 0.371 e. The second-order valence-corrected chi connectivity index (χ2v) is 4.17. The van der Waals surface area contributed by atoms with E-state index in [9.17, 15) is 9.90 Å². The molecule has 1 aliphatic carbocycles. The fraction of sp³-hybridized carbons (Fsp3) is 0.727. The molecule has 2 rings (SSSR count). The lowest BCUT2D eigenvalue weighted by atomic mass is 9.93. The van der Waals surface area contributed by atoms with E-state index in [0.717, 1.165) is 30.7 Å². The number of carbonyl (C=O) groups excluding carboxylic acids is 1. The lowest BCUT2D eigenvalue weighted by Gasteiger charge is -2.28. The quantitative estimate of drug-likeness (QED) is 0.615. The number of aliphatic hydroxyl groups is 1. The third-order valence-corrected chi connectivity index (χ3v) is 3.00. The number of aliphatic hydroxyl groups excluding tert-OH is 1. The molecule has 0 bridgehead atoms. The summed E-state index contributed by atoms with van der Waals surface area (Å²) in [6, 6.07) is 0. The van der Waals surface area contributed by atoms with Gasteiger partial charge in [0.05, 0.1) is 0 Å². The molecule has 0 saturated carbocycles. The smallest absolute Gasteiger partial charge is 0.245 e. The number of nitrogens with zero attached hydrogens (tertiary/aromatic N) is 1. The minimum atomic E-state index is -0.797. The van der Waals surface area contributed by atoms with Gasteiger partial charge in [0, 0.05) is 6.92 Å². The Morgan fingerprint density at radius 3 is 3.13 bits per heavy atom. The minimum Gasteiger partial charge on any atom is -0.371 e. The van der Waals surface area contributed by atoms with E-state index in [2.05, 4.69) is 6.08 Å². The van der Waals surface area contributed by atoms with Crippen LogP contribution in [-0.4, -0.2) is 28.4 Å². The van der Waals surface area contributed by atoms with Gasteiger partial charge in [-0.25, -0.2) is 0 Å². The molecule has 0 unspecified atom stereocenters. The van der Waals surface area contributed by atoms with Crippen LogP contribution in [0, 0.1) is 0 Å². The summed E-state index contributed by atoms with van der Waals surface area (Å²) in [5.74, 6) is -0.227. The first-order chi connectivity index (χ1) is 7.18. The van der Waals surface area contributed by atoms with Crippen molar-refractivity contribution in [2.75, 3.05) is 0 Å². The number of carbonyl (C=O) groups is 1. The van der Waals surface area contributed by atoms with Crippen LogP contribution in [0.1, 0.15) is 39.0 Å². The topological polar surface area (TPSA) is 49.8 Å². The van der Waals surface area contributed by atoms with Crippen molar-refractivity contribution in [2.24, 2.45) is 0 Å². The zero-order chi connectivity index (χ0) is 10.8. The molecule has 1 aliphatic heterocycles. The van der Waals surface area contributed by atoms with Gasteiger partial charge >= 0.3 is 0 Å². The maximum absolute atomic E-state index is 11.3. The molecule has 0 aromatic carbocycles. The second-order valence-electron chi connectivity index (χ2n) is 4.17. The van der Waals surface area contributed by atoms with Crippen molar-refractivity contribution in [2.45, 2.75) is 51.4 Å². The van der Waals surface area contributed by atoms with Crippen LogP contribution in [0.2, 0.25) is 0 Å². The molecule has 1 saturated heterocycles. The summed E-state index contributed by atoms with van der Waals surface area (Å²) in [4.78, 5) is 16.8. The van der Waals surface area contributed by atoms with E-state index in [1.54, 1.807) is 0 Å². The third kappa shape index (κ3) is 2.21. The van der Waals surface area contributed by atoms with E-state index in [4.69, 9.17) is 4.84 Å². The Hall–Kier alpha value is -0.870. The number of amides is 1. The predicted molar refractivity (Wildman–Crippen MR) is 54.6 cm³/mol. The van der Waals surface area contributed by atoms with Gasteiger partial charge in [-0.3, -0.25) is 9.63 Å². The highest BCUT2D eigenvalue weighted by atomic mass is 16.7. The highest BCUT2D eigenvalue weighted by Crippen LogP contribution is 2.30. The average molecular weight is 211 g/mol. The number of hydrogen-bond acceptors (Lipinski definition) is 3. The number of fused-ring (bicyclic) bond motifs is 1. The molecule has 1 amide bonds. The van der Waals surface area contributed by atoms with E-state index in [0.29, 0.717) is 6.42 Å². The minimum absolute atomic E-state index is 0.000185. The van der Waals surface area contributed by atoms with Crippen LogP contribution in [0.3, 0.4) is 0 Å². The summed E-state index contributed by atoms with van der Waals surface area (Å²) in [5.41, 5.74) is 1.24. The summed E-state index contributed by atoms with van der Waals surface area (Å²) in [7, 11) is 0. The average Bonchev–Trinajstić information content (AvgIpc) is 2.39. The van der Waals surface area contributed by atoms with Crippen LogP contribution in [0.4, 0.5) is 0 Å². The lowest BCUT2D eigenvalue weighted by Crippen LogP contribution is -2.40. The molecule has 4 nitrogen and oxygen atoms in total. The SMILES string of the molecule is CC(=O)N1O[C@H]2CCCC=C2CC[C@H]1O. The van der Waals surface area contributed by atoms with E-state index in [-0.39, 0.29) is 12.0 Å². The molecule has 4 heteroatoms. The summed E-state index contributed by atoms with van der Waals surface area (Å²) in [6.07, 6.45) is 5.92. The van der Waals surface area contributed by atoms with E-state index in [1.165, 1.54) is 12.5 Å².